The number of hydrogen-bond acceptors (Lipinski definition) is 6. The molecule has 9 N–H and O–H groups in total. The third-order valence-electron chi connectivity index (χ3n) is 6.75. The first-order valence-corrected chi connectivity index (χ1v) is 16.2. The van der Waals surface area contributed by atoms with Crippen LogP contribution in [0.15, 0.2) is 54.7 Å². The smallest absolute Gasteiger partial charge is 0.330 e. The number of carbonyl (C=O) groups is 6. The van der Waals surface area contributed by atoms with Crippen LogP contribution in [0.25, 0.3) is 0 Å². The first-order chi connectivity index (χ1) is 22.5. The molecule has 0 unspecified atom stereocenters. The Morgan fingerprint density at radius 1 is 0.500 bits per heavy atom. The standard InChI is InChI=1S/C9H9N3O3.3C9H16O2/c10-7(13)4-2-1-3-5(8(11)14)6(4)9(12)15;3*1-3-4-5-6-7-8(2)9(10)11/h1-3H,(H2,10,13)(H2,11,14)(H2,12,15);3*2-7H2,1H3,(H,10,11). The van der Waals surface area contributed by atoms with E-state index >= 15 is 0 Å². The van der Waals surface area contributed by atoms with E-state index in [1.54, 1.807) is 0 Å². The molecule has 1 rings (SSSR count). The van der Waals surface area contributed by atoms with Crippen LogP contribution in [0.3, 0.4) is 0 Å². The van der Waals surface area contributed by atoms with Crippen molar-refractivity contribution in [2.45, 2.75) is 117 Å². The van der Waals surface area contributed by atoms with Crippen molar-refractivity contribution in [2.75, 3.05) is 0 Å². The van der Waals surface area contributed by atoms with Gasteiger partial charge in [-0.25, -0.2) is 14.4 Å². The molecule has 1 aromatic rings. The molecule has 0 spiro atoms. The van der Waals surface area contributed by atoms with Gasteiger partial charge < -0.3 is 32.5 Å². The minimum Gasteiger partial charge on any atom is -0.478 e. The van der Waals surface area contributed by atoms with Crippen molar-refractivity contribution in [3.63, 3.8) is 0 Å². The highest BCUT2D eigenvalue weighted by molar-refractivity contribution is 6.13. The number of carboxylic acids is 3. The summed E-state index contributed by atoms with van der Waals surface area (Å²) in [6, 6.07) is 4.00. The molecule has 48 heavy (non-hydrogen) atoms. The quantitative estimate of drug-likeness (QED) is 0.0593. The summed E-state index contributed by atoms with van der Waals surface area (Å²) in [7, 11) is 0. The Morgan fingerprint density at radius 2 is 0.771 bits per heavy atom. The summed E-state index contributed by atoms with van der Waals surface area (Å²) >= 11 is 0. The van der Waals surface area contributed by atoms with Crippen LogP contribution >= 0.6 is 0 Å². The van der Waals surface area contributed by atoms with Gasteiger partial charge in [-0.05, 0) is 50.7 Å². The van der Waals surface area contributed by atoms with Crippen LogP contribution in [0.2, 0.25) is 0 Å². The predicted molar refractivity (Wildman–Crippen MR) is 189 cm³/mol. The van der Waals surface area contributed by atoms with Gasteiger partial charge in [0.15, 0.2) is 0 Å². The average molecular weight is 676 g/mol. The summed E-state index contributed by atoms with van der Waals surface area (Å²) in [4.78, 5) is 63.8. The zero-order valence-corrected chi connectivity index (χ0v) is 29.0. The van der Waals surface area contributed by atoms with E-state index in [1.165, 1.54) is 56.7 Å². The number of amides is 3. The van der Waals surface area contributed by atoms with Crippen LogP contribution in [-0.2, 0) is 14.4 Å². The Morgan fingerprint density at radius 3 is 0.958 bits per heavy atom. The SMILES string of the molecule is C=C(CCCCCC)C(=O)O.C=C(CCCCCC)C(=O)O.C=C(CCCCCC)C(=O)O.NC(=O)c1cccc(C(N)=O)c1C(N)=O. The van der Waals surface area contributed by atoms with Crippen LogP contribution in [0, 0.1) is 0 Å². The van der Waals surface area contributed by atoms with Crippen molar-refractivity contribution in [1.29, 1.82) is 0 Å². The number of nitrogens with two attached hydrogens (primary N) is 3. The van der Waals surface area contributed by atoms with E-state index in [0.29, 0.717) is 36.0 Å². The highest BCUT2D eigenvalue weighted by atomic mass is 16.4. The molecule has 1 aromatic carbocycles. The molecule has 0 aliphatic carbocycles. The van der Waals surface area contributed by atoms with Gasteiger partial charge >= 0.3 is 17.9 Å². The lowest BCUT2D eigenvalue weighted by atomic mass is 9.99. The van der Waals surface area contributed by atoms with Gasteiger partial charge in [-0.3, -0.25) is 14.4 Å². The summed E-state index contributed by atoms with van der Waals surface area (Å²) in [6.07, 6.45) is 15.2. The van der Waals surface area contributed by atoms with E-state index in [2.05, 4.69) is 40.5 Å². The summed E-state index contributed by atoms with van der Waals surface area (Å²) < 4.78 is 0. The van der Waals surface area contributed by atoms with Gasteiger partial charge in [0.05, 0.1) is 16.7 Å². The van der Waals surface area contributed by atoms with Gasteiger partial charge in [-0.2, -0.15) is 0 Å². The molecule has 0 aromatic heterocycles. The van der Waals surface area contributed by atoms with Gasteiger partial charge in [-0.15, -0.1) is 0 Å². The molecule has 0 saturated carbocycles. The zero-order chi connectivity index (χ0) is 37.7. The molecule has 12 heteroatoms. The number of benzene rings is 1. The topological polar surface area (TPSA) is 241 Å². The average Bonchev–Trinajstić information content (AvgIpc) is 3.03. The van der Waals surface area contributed by atoms with Gasteiger partial charge in [0, 0.05) is 16.7 Å². The Hall–Kier alpha value is -4.74. The number of unbranched alkanes of at least 4 members (excludes halogenated alkanes) is 9. The number of primary amides is 3. The summed E-state index contributed by atoms with van der Waals surface area (Å²) in [5, 5.41) is 25.3. The molecule has 0 atom stereocenters. The van der Waals surface area contributed by atoms with E-state index in [9.17, 15) is 28.8 Å². The predicted octanol–water partition coefficient (Wildman–Crippen LogP) is 6.78. The van der Waals surface area contributed by atoms with E-state index in [4.69, 9.17) is 32.5 Å². The second-order valence-corrected chi connectivity index (χ2v) is 11.0. The highest BCUT2D eigenvalue weighted by Crippen LogP contribution is 2.14. The molecule has 0 radical (unpaired) electrons. The minimum atomic E-state index is -0.918. The van der Waals surface area contributed by atoms with Gasteiger partial charge in [-0.1, -0.05) is 104 Å². The zero-order valence-electron chi connectivity index (χ0n) is 29.0. The van der Waals surface area contributed by atoms with Crippen molar-refractivity contribution in [3.05, 3.63) is 71.3 Å². The Bertz CT molecular complexity index is 1110. The fourth-order valence-electron chi connectivity index (χ4n) is 3.84. The normalized spacial score (nSPS) is 9.56. The van der Waals surface area contributed by atoms with Gasteiger partial charge in [0.2, 0.25) is 17.7 Å². The Labute approximate surface area is 285 Å². The maximum Gasteiger partial charge on any atom is 0.330 e. The van der Waals surface area contributed by atoms with Crippen molar-refractivity contribution >= 4 is 35.6 Å². The molecule has 3 amide bonds. The van der Waals surface area contributed by atoms with Crippen LogP contribution in [0.1, 0.15) is 148 Å². The van der Waals surface area contributed by atoms with Gasteiger partial charge in [0.1, 0.15) is 0 Å². The number of carboxylic acid groups (broad SMARTS) is 3. The Balaban J connectivity index is -0.000000569. The number of hydrogen-bond donors (Lipinski definition) is 6. The first-order valence-electron chi connectivity index (χ1n) is 16.2. The molecule has 12 nitrogen and oxygen atoms in total. The van der Waals surface area contributed by atoms with Crippen LogP contribution in [-0.4, -0.2) is 50.9 Å². The van der Waals surface area contributed by atoms with Crippen LogP contribution < -0.4 is 17.2 Å². The van der Waals surface area contributed by atoms with Gasteiger partial charge in [0.25, 0.3) is 0 Å². The van der Waals surface area contributed by atoms with E-state index in [0.717, 1.165) is 38.5 Å². The first kappa shape index (κ1) is 47.7. The second-order valence-electron chi connectivity index (χ2n) is 11.0. The monoisotopic (exact) mass is 675 g/mol. The molecule has 0 aliphatic rings. The Kier molecular flexibility index (Phi) is 29.4. The molecule has 270 valence electrons. The van der Waals surface area contributed by atoms with E-state index in [1.807, 2.05) is 0 Å². The molecule has 0 fully saturated rings. The molecule has 0 bridgehead atoms. The fraction of sp³-hybridized carbons (Fsp3) is 0.500. The molecular formula is C36H57N3O9. The van der Waals surface area contributed by atoms with Crippen molar-refractivity contribution in [2.24, 2.45) is 17.2 Å². The van der Waals surface area contributed by atoms with E-state index < -0.39 is 35.6 Å². The third-order valence-corrected chi connectivity index (χ3v) is 6.75. The van der Waals surface area contributed by atoms with Crippen LogP contribution in [0.5, 0.6) is 0 Å². The molecular weight excluding hydrogens is 618 g/mol. The van der Waals surface area contributed by atoms with Crippen molar-refractivity contribution < 1.29 is 44.1 Å². The minimum absolute atomic E-state index is 0.112. The lowest BCUT2D eigenvalue weighted by Gasteiger charge is -2.06. The second kappa shape index (κ2) is 29.6. The maximum absolute atomic E-state index is 11.1. The number of carbonyl (C=O) groups excluding carboxylic acids is 3. The van der Waals surface area contributed by atoms with E-state index in [-0.39, 0.29) is 16.7 Å². The molecule has 0 saturated heterocycles. The molecule has 0 aliphatic heterocycles. The third kappa shape index (κ3) is 25.5. The van der Waals surface area contributed by atoms with Crippen molar-refractivity contribution in [1.82, 2.24) is 0 Å². The summed E-state index contributed by atoms with van der Waals surface area (Å²) in [6.45, 7) is 16.7. The van der Waals surface area contributed by atoms with Crippen molar-refractivity contribution in [3.8, 4) is 0 Å². The van der Waals surface area contributed by atoms with Crippen LogP contribution in [0.4, 0.5) is 0 Å². The number of aliphatic carboxylic acids is 3. The fourth-order valence-corrected chi connectivity index (χ4v) is 3.84. The lowest BCUT2D eigenvalue weighted by Crippen LogP contribution is -2.25. The lowest BCUT2D eigenvalue weighted by molar-refractivity contribution is -0.133. The maximum atomic E-state index is 11.1. The number of rotatable bonds is 21. The molecule has 0 heterocycles. The summed E-state index contributed by atoms with van der Waals surface area (Å²) in [5.41, 5.74) is 15.6. The summed E-state index contributed by atoms with van der Waals surface area (Å²) in [5.74, 6) is -5.18. The highest BCUT2D eigenvalue weighted by Gasteiger charge is 2.19. The largest absolute Gasteiger partial charge is 0.478 e.